The van der Waals surface area contributed by atoms with Crippen molar-refractivity contribution in [3.05, 3.63) is 0 Å². The summed E-state index contributed by atoms with van der Waals surface area (Å²) in [4.78, 5) is 10.6. The highest BCUT2D eigenvalue weighted by atomic mass is 16.1. The second-order valence-electron chi connectivity index (χ2n) is 1.22. The first-order chi connectivity index (χ1) is 4.19. The zero-order chi connectivity index (χ0) is 8.58. The summed E-state index contributed by atoms with van der Waals surface area (Å²) in [6, 6.07) is -2.12. The minimum atomic E-state index is -2.12. The van der Waals surface area contributed by atoms with Crippen LogP contribution < -0.4 is 5.73 Å². The van der Waals surface area contributed by atoms with Crippen LogP contribution in [0.4, 0.5) is 0 Å². The van der Waals surface area contributed by atoms with Gasteiger partial charge in [0.1, 0.15) is 5.78 Å². The minimum Gasteiger partial charge on any atom is -0.322 e. The van der Waals surface area contributed by atoms with Crippen LogP contribution in [0.1, 0.15) is 24.3 Å². The van der Waals surface area contributed by atoms with E-state index in [1.807, 2.05) is 0 Å². The van der Waals surface area contributed by atoms with Crippen molar-refractivity contribution < 1.29 is 8.91 Å². The Morgan fingerprint density at radius 1 is 2.29 bits per heavy atom. The number of rotatable bonds is 2. The molecule has 0 saturated heterocycles. The van der Waals surface area contributed by atoms with Crippen molar-refractivity contribution in [2.75, 3.05) is 0 Å². The Hall–Kier alpha value is -0.370. The molecule has 0 amide bonds. The van der Waals surface area contributed by atoms with Gasteiger partial charge < -0.3 is 5.73 Å². The van der Waals surface area contributed by atoms with Crippen LogP contribution in [0.25, 0.3) is 0 Å². The van der Waals surface area contributed by atoms with Gasteiger partial charge in [0.05, 0.1) is 7.39 Å². The van der Waals surface area contributed by atoms with Gasteiger partial charge in [-0.15, -0.1) is 0 Å². The molecule has 1 atom stereocenters. The van der Waals surface area contributed by atoms with Crippen molar-refractivity contribution in [1.29, 1.82) is 0 Å². The van der Waals surface area contributed by atoms with Crippen LogP contribution in [0.15, 0.2) is 0 Å². The zero-order valence-electron chi connectivity index (χ0n) is 7.49. The van der Waals surface area contributed by atoms with Crippen molar-refractivity contribution in [1.82, 2.24) is 0 Å². The van der Waals surface area contributed by atoms with Gasteiger partial charge in [0.15, 0.2) is 0 Å². The molecule has 2 nitrogen and oxygen atoms in total. The predicted molar refractivity (Wildman–Crippen MR) is 28.9 cm³/mol. The van der Waals surface area contributed by atoms with Crippen molar-refractivity contribution in [2.45, 2.75) is 26.2 Å². The van der Waals surface area contributed by atoms with Crippen LogP contribution in [0.2, 0.25) is 0 Å². The van der Waals surface area contributed by atoms with E-state index in [0.717, 1.165) is 13.8 Å². The highest BCUT2D eigenvalue weighted by Gasteiger charge is 2.01. The Kier molecular flexibility index (Phi) is 1.11. The second-order valence-corrected chi connectivity index (χ2v) is 1.22. The van der Waals surface area contributed by atoms with Crippen molar-refractivity contribution in [3.8, 4) is 0 Å². The molecule has 0 rings (SSSR count). The van der Waals surface area contributed by atoms with Crippen LogP contribution in [0.3, 0.4) is 0 Å². The van der Waals surface area contributed by atoms with Gasteiger partial charge in [0.25, 0.3) is 0 Å². The van der Waals surface area contributed by atoms with Crippen LogP contribution in [0, 0.1) is 0 Å². The largest absolute Gasteiger partial charge is 0.322 e. The number of carbonyl (C=O) groups is 1. The lowest BCUT2D eigenvalue weighted by Gasteiger charge is -1.99. The molecule has 0 aliphatic carbocycles. The van der Waals surface area contributed by atoms with E-state index in [2.05, 4.69) is 0 Å². The molecular formula is C5H11NO. The topological polar surface area (TPSA) is 43.1 Å². The maximum atomic E-state index is 10.6. The molecule has 0 heterocycles. The van der Waals surface area contributed by atoms with Gasteiger partial charge >= 0.3 is 0 Å². The number of hydrogen-bond acceptors (Lipinski definition) is 2. The Morgan fingerprint density at radius 3 is 2.71 bits per heavy atom. The first kappa shape index (κ1) is 2.82. The van der Waals surface area contributed by atoms with Crippen LogP contribution in [0.5, 0.6) is 0 Å². The number of hydrogen-bond donors (Lipinski definition) is 1. The smallest absolute Gasteiger partial charge is 0.146 e. The number of ketones is 1. The van der Waals surface area contributed by atoms with Crippen LogP contribution in [-0.4, -0.2) is 11.8 Å². The van der Waals surface area contributed by atoms with E-state index in [0.29, 0.717) is 0 Å². The molecule has 0 saturated carbocycles. The van der Waals surface area contributed by atoms with E-state index < -0.39 is 18.2 Å². The molecule has 0 aromatic heterocycles. The summed E-state index contributed by atoms with van der Waals surface area (Å²) in [5, 5.41) is 0. The third-order valence-electron chi connectivity index (χ3n) is 0.649. The van der Waals surface area contributed by atoms with Gasteiger partial charge in [-0.3, -0.25) is 4.79 Å². The summed E-state index contributed by atoms with van der Waals surface area (Å²) in [5.41, 5.74) is 5.08. The first-order valence-electron chi connectivity index (χ1n) is 3.49. The Labute approximate surface area is 47.9 Å². The van der Waals surface area contributed by atoms with Gasteiger partial charge in [-0.25, -0.2) is 0 Å². The zero-order valence-corrected chi connectivity index (χ0v) is 4.49. The molecule has 0 fully saturated rings. The SMILES string of the molecule is [2H]C([2H])(C)[C@]([2H])(N)C(C)=O. The lowest BCUT2D eigenvalue weighted by atomic mass is 10.2. The summed E-state index contributed by atoms with van der Waals surface area (Å²) in [5.74, 6) is -0.667. The summed E-state index contributed by atoms with van der Waals surface area (Å²) in [6.45, 7) is 2.22. The minimum absolute atomic E-state index is 0.667. The third-order valence-corrected chi connectivity index (χ3v) is 0.649. The van der Waals surface area contributed by atoms with E-state index in [1.165, 1.54) is 0 Å². The number of Topliss-reactive ketones (excluding diaryl/α,β-unsaturated/α-hetero) is 1. The number of nitrogens with two attached hydrogens (primary N) is 1. The molecule has 0 unspecified atom stereocenters. The van der Waals surface area contributed by atoms with Gasteiger partial charge in [-0.05, 0) is 13.3 Å². The Balaban J connectivity index is 4.57. The van der Waals surface area contributed by atoms with E-state index in [1.54, 1.807) is 0 Å². The summed E-state index contributed by atoms with van der Waals surface area (Å²) < 4.78 is 21.1. The van der Waals surface area contributed by atoms with Gasteiger partial charge in [-0.1, -0.05) is 6.92 Å². The molecule has 0 aliphatic heterocycles. The van der Waals surface area contributed by atoms with E-state index >= 15 is 0 Å². The lowest BCUT2D eigenvalue weighted by molar-refractivity contribution is -0.118. The fourth-order valence-electron chi connectivity index (χ4n) is 0.176. The normalized spacial score (nSPS) is 26.4. The van der Waals surface area contributed by atoms with E-state index in [-0.39, 0.29) is 0 Å². The fourth-order valence-corrected chi connectivity index (χ4v) is 0.176. The predicted octanol–water partition coefficient (Wildman–Crippen LogP) is 0.313. The Bertz CT molecular complexity index is 149. The molecule has 42 valence electrons. The molecule has 0 spiro atoms. The monoisotopic (exact) mass is 104 g/mol. The number of carbonyl (C=O) groups excluding carboxylic acids is 1. The average Bonchev–Trinajstić information content (AvgIpc) is 1.62. The summed E-state index contributed by atoms with van der Waals surface area (Å²) in [7, 11) is 0. The maximum absolute atomic E-state index is 10.6. The average molecular weight is 104 g/mol. The fraction of sp³-hybridized carbons (Fsp3) is 0.800. The van der Waals surface area contributed by atoms with Crippen molar-refractivity contribution >= 4 is 5.78 Å². The second kappa shape index (κ2) is 2.75. The highest BCUT2D eigenvalue weighted by Crippen LogP contribution is 1.84. The molecule has 0 radical (unpaired) electrons. The van der Waals surface area contributed by atoms with E-state index in [4.69, 9.17) is 9.85 Å². The van der Waals surface area contributed by atoms with Gasteiger partial charge in [0.2, 0.25) is 0 Å². The van der Waals surface area contributed by atoms with Gasteiger partial charge in [0, 0.05) is 2.74 Å². The highest BCUT2D eigenvalue weighted by molar-refractivity contribution is 5.80. The van der Waals surface area contributed by atoms with Crippen LogP contribution >= 0.6 is 0 Å². The lowest BCUT2D eigenvalue weighted by Crippen LogP contribution is -2.26. The van der Waals surface area contributed by atoms with Gasteiger partial charge in [-0.2, -0.15) is 0 Å². The molecule has 2 N–H and O–H groups in total. The molecule has 7 heavy (non-hydrogen) atoms. The molecule has 2 heteroatoms. The molecule has 0 aliphatic rings. The summed E-state index contributed by atoms with van der Waals surface area (Å²) >= 11 is 0. The molecule has 0 aromatic carbocycles. The molecule has 0 bridgehead atoms. The third kappa shape index (κ3) is 2.34. The summed E-state index contributed by atoms with van der Waals surface area (Å²) in [6.07, 6.45) is -1.99. The van der Waals surface area contributed by atoms with Crippen molar-refractivity contribution in [3.63, 3.8) is 0 Å². The van der Waals surface area contributed by atoms with Crippen molar-refractivity contribution in [2.24, 2.45) is 5.73 Å². The Morgan fingerprint density at radius 2 is 2.71 bits per heavy atom. The van der Waals surface area contributed by atoms with E-state index in [9.17, 15) is 4.79 Å². The van der Waals surface area contributed by atoms with Crippen LogP contribution in [-0.2, 0) is 4.79 Å². The molecule has 0 aromatic rings. The maximum Gasteiger partial charge on any atom is 0.146 e. The quantitative estimate of drug-likeness (QED) is 0.548. The standard InChI is InChI=1S/C5H11NO/c1-3-5(6)4(2)7/h5H,3,6H2,1-2H3/t5-/m0/s1/i3D2,5D. The molecular weight excluding hydrogens is 90.1 g/mol. The first-order valence-corrected chi connectivity index (χ1v) is 1.99.